The molecule has 2 N–H and O–H groups in total. The third kappa shape index (κ3) is 5.48. The zero-order valence-corrected chi connectivity index (χ0v) is 17.2. The average molecular weight is 438 g/mol. The molecule has 1 aromatic carbocycles. The highest BCUT2D eigenvalue weighted by Gasteiger charge is 2.12. The highest BCUT2D eigenvalue weighted by atomic mass is 32.1. The summed E-state index contributed by atoms with van der Waals surface area (Å²) >= 11 is 1.41. The number of benzene rings is 1. The first-order valence-electron chi connectivity index (χ1n) is 9.57. The fourth-order valence-electron chi connectivity index (χ4n) is 2.80. The second-order valence-corrected chi connectivity index (χ2v) is 7.57. The van der Waals surface area contributed by atoms with Crippen LogP contribution >= 0.6 is 11.3 Å². The molecule has 0 saturated carbocycles. The number of fused-ring (bicyclic) bond motifs is 1. The highest BCUT2D eigenvalue weighted by molar-refractivity contribution is 7.18. The Kier molecular flexibility index (Phi) is 6.58. The molecule has 4 aromatic rings. The Morgan fingerprint density at radius 2 is 1.97 bits per heavy atom. The molecular weight excluding hydrogens is 419 g/mol. The van der Waals surface area contributed by atoms with Crippen molar-refractivity contribution >= 4 is 33.6 Å². The van der Waals surface area contributed by atoms with Gasteiger partial charge in [-0.25, -0.2) is 24.1 Å². The molecule has 4 rings (SSSR count). The fourth-order valence-corrected chi connectivity index (χ4v) is 3.70. The summed E-state index contributed by atoms with van der Waals surface area (Å²) in [6, 6.07) is 12.4. The summed E-state index contributed by atoms with van der Waals surface area (Å²) in [6.07, 6.45) is 3.01. The molecule has 8 nitrogen and oxygen atoms in total. The summed E-state index contributed by atoms with van der Waals surface area (Å²) in [4.78, 5) is 29.6. The maximum atomic E-state index is 13.8. The molecule has 31 heavy (non-hydrogen) atoms. The third-order valence-corrected chi connectivity index (χ3v) is 5.34. The Morgan fingerprint density at radius 1 is 1.10 bits per heavy atom. The number of thiazole rings is 1. The smallest absolute Gasteiger partial charge is 0.407 e. The van der Waals surface area contributed by atoms with Gasteiger partial charge in [0.05, 0.1) is 17.2 Å². The van der Waals surface area contributed by atoms with Gasteiger partial charge in [0.15, 0.2) is 5.82 Å². The van der Waals surface area contributed by atoms with Crippen LogP contribution in [-0.4, -0.2) is 32.6 Å². The van der Waals surface area contributed by atoms with Crippen LogP contribution in [0.2, 0.25) is 0 Å². The Balaban J connectivity index is 1.31. The molecule has 0 saturated heterocycles. The van der Waals surface area contributed by atoms with E-state index >= 15 is 0 Å². The van der Waals surface area contributed by atoms with Gasteiger partial charge in [0.2, 0.25) is 0 Å². The molecule has 0 bridgehead atoms. The van der Waals surface area contributed by atoms with Crippen molar-refractivity contribution in [2.24, 2.45) is 0 Å². The molecule has 0 fully saturated rings. The fraction of sp³-hybridized carbons (Fsp3) is 0.190. The number of carbonyl (C=O) groups is 1. The second kappa shape index (κ2) is 9.90. The topological polar surface area (TPSA) is 102 Å². The number of aromatic nitrogens is 4. The number of carbonyl (C=O) groups excluding carboxylic acids is 1. The molecule has 1 amide bonds. The van der Waals surface area contributed by atoms with Crippen LogP contribution < -0.4 is 10.6 Å². The van der Waals surface area contributed by atoms with Crippen molar-refractivity contribution in [3.05, 3.63) is 77.1 Å². The van der Waals surface area contributed by atoms with Crippen molar-refractivity contribution in [2.45, 2.75) is 19.6 Å². The summed E-state index contributed by atoms with van der Waals surface area (Å²) in [5.74, 6) is 0.122. The van der Waals surface area contributed by atoms with E-state index in [0.29, 0.717) is 34.8 Å². The standard InChI is InChI=1S/C21H19FN6O2S/c22-15-7-4-9-23-16(15)11-25-19-18-20(27-13-26-19)31-17(28-18)8-10-24-21(29)30-12-14-5-2-1-3-6-14/h1-7,9,13H,8,10-12H2,(H,24,29)(H,25,26,27). The van der Waals surface area contributed by atoms with Crippen LogP contribution in [-0.2, 0) is 24.3 Å². The number of nitrogens with one attached hydrogen (secondary N) is 2. The van der Waals surface area contributed by atoms with Crippen molar-refractivity contribution in [2.75, 3.05) is 11.9 Å². The van der Waals surface area contributed by atoms with Gasteiger partial charge < -0.3 is 15.4 Å². The summed E-state index contributed by atoms with van der Waals surface area (Å²) in [5, 5.41) is 6.58. The van der Waals surface area contributed by atoms with E-state index in [1.807, 2.05) is 30.3 Å². The first kappa shape index (κ1) is 20.6. The van der Waals surface area contributed by atoms with Crippen LogP contribution in [0.1, 0.15) is 16.3 Å². The SMILES string of the molecule is O=C(NCCc1nc2c(NCc3ncccc3F)ncnc2s1)OCc1ccccc1. The molecule has 0 atom stereocenters. The number of amides is 1. The largest absolute Gasteiger partial charge is 0.445 e. The van der Waals surface area contributed by atoms with Gasteiger partial charge in [-0.3, -0.25) is 4.98 Å². The lowest BCUT2D eigenvalue weighted by Crippen LogP contribution is -2.26. The van der Waals surface area contributed by atoms with Gasteiger partial charge in [0, 0.05) is 19.2 Å². The predicted octanol–water partition coefficient (Wildman–Crippen LogP) is 3.70. The first-order chi connectivity index (χ1) is 15.2. The molecule has 0 aliphatic rings. The minimum atomic E-state index is -0.482. The third-order valence-electron chi connectivity index (χ3n) is 4.32. The highest BCUT2D eigenvalue weighted by Crippen LogP contribution is 2.25. The van der Waals surface area contributed by atoms with E-state index in [9.17, 15) is 9.18 Å². The normalized spacial score (nSPS) is 10.7. The van der Waals surface area contributed by atoms with E-state index in [1.165, 1.54) is 29.9 Å². The maximum Gasteiger partial charge on any atom is 0.407 e. The number of pyridine rings is 1. The Morgan fingerprint density at radius 3 is 2.81 bits per heavy atom. The van der Waals surface area contributed by atoms with Crippen LogP contribution in [0.3, 0.4) is 0 Å². The van der Waals surface area contributed by atoms with E-state index < -0.39 is 6.09 Å². The monoisotopic (exact) mass is 438 g/mol. The quantitative estimate of drug-likeness (QED) is 0.432. The van der Waals surface area contributed by atoms with E-state index in [-0.39, 0.29) is 19.0 Å². The summed E-state index contributed by atoms with van der Waals surface area (Å²) in [5.41, 5.74) is 1.82. The van der Waals surface area contributed by atoms with Crippen molar-refractivity contribution < 1.29 is 13.9 Å². The van der Waals surface area contributed by atoms with Gasteiger partial charge in [-0.15, -0.1) is 0 Å². The second-order valence-electron chi connectivity index (χ2n) is 6.51. The number of nitrogens with zero attached hydrogens (tertiary/aromatic N) is 4. The minimum absolute atomic E-state index is 0.181. The summed E-state index contributed by atoms with van der Waals surface area (Å²) < 4.78 is 19.0. The number of hydrogen-bond donors (Lipinski definition) is 2. The predicted molar refractivity (Wildman–Crippen MR) is 115 cm³/mol. The van der Waals surface area contributed by atoms with Gasteiger partial charge in [0.1, 0.15) is 29.1 Å². The molecule has 3 aromatic heterocycles. The molecule has 10 heteroatoms. The molecule has 158 valence electrons. The van der Waals surface area contributed by atoms with Crippen molar-refractivity contribution in [1.82, 2.24) is 25.3 Å². The Hall–Kier alpha value is -3.66. The van der Waals surface area contributed by atoms with Crippen LogP contribution in [0.5, 0.6) is 0 Å². The Bertz CT molecular complexity index is 1170. The number of ether oxygens (including phenoxy) is 1. The van der Waals surface area contributed by atoms with Crippen LogP contribution in [0.25, 0.3) is 10.3 Å². The summed E-state index contributed by atoms with van der Waals surface area (Å²) in [6.45, 7) is 0.776. The number of alkyl carbamates (subject to hydrolysis) is 1. The molecule has 0 spiro atoms. The summed E-state index contributed by atoms with van der Waals surface area (Å²) in [7, 11) is 0. The molecule has 0 radical (unpaired) electrons. The van der Waals surface area contributed by atoms with Gasteiger partial charge in [-0.1, -0.05) is 41.7 Å². The molecule has 0 unspecified atom stereocenters. The number of anilines is 1. The molecule has 0 aliphatic carbocycles. The van der Waals surface area contributed by atoms with Crippen LogP contribution in [0.4, 0.5) is 15.0 Å². The van der Waals surface area contributed by atoms with Crippen LogP contribution in [0.15, 0.2) is 55.0 Å². The lowest BCUT2D eigenvalue weighted by atomic mass is 10.2. The zero-order chi connectivity index (χ0) is 21.5. The van der Waals surface area contributed by atoms with Crippen molar-refractivity contribution in [3.8, 4) is 0 Å². The van der Waals surface area contributed by atoms with E-state index in [2.05, 4.69) is 30.6 Å². The lowest BCUT2D eigenvalue weighted by molar-refractivity contribution is 0.140. The number of halogens is 1. The molecule has 3 heterocycles. The number of hydrogen-bond acceptors (Lipinski definition) is 8. The molecule has 0 aliphatic heterocycles. The van der Waals surface area contributed by atoms with Gasteiger partial charge in [-0.05, 0) is 17.7 Å². The molecular formula is C21H19FN6O2S. The van der Waals surface area contributed by atoms with Crippen molar-refractivity contribution in [3.63, 3.8) is 0 Å². The van der Waals surface area contributed by atoms with E-state index in [4.69, 9.17) is 4.74 Å². The van der Waals surface area contributed by atoms with Crippen LogP contribution in [0, 0.1) is 5.82 Å². The van der Waals surface area contributed by atoms with Gasteiger partial charge in [0.25, 0.3) is 0 Å². The minimum Gasteiger partial charge on any atom is -0.445 e. The number of rotatable bonds is 8. The average Bonchev–Trinajstić information content (AvgIpc) is 3.21. The first-order valence-corrected chi connectivity index (χ1v) is 10.4. The Labute approximate surface area is 181 Å². The van der Waals surface area contributed by atoms with E-state index in [1.54, 1.807) is 6.07 Å². The van der Waals surface area contributed by atoms with Crippen molar-refractivity contribution in [1.29, 1.82) is 0 Å². The maximum absolute atomic E-state index is 13.8. The van der Waals surface area contributed by atoms with Gasteiger partial charge in [-0.2, -0.15) is 0 Å². The van der Waals surface area contributed by atoms with Gasteiger partial charge >= 0.3 is 6.09 Å². The lowest BCUT2D eigenvalue weighted by Gasteiger charge is -2.06. The van der Waals surface area contributed by atoms with E-state index in [0.717, 1.165) is 10.6 Å². The zero-order valence-electron chi connectivity index (χ0n) is 16.4.